The number of alkyl halides is 3. The molecule has 1 aliphatic heterocycles. The summed E-state index contributed by atoms with van der Waals surface area (Å²) in [5.74, 6) is 0.918. The molecule has 0 unspecified atom stereocenters. The summed E-state index contributed by atoms with van der Waals surface area (Å²) in [6, 6.07) is 15.8. The van der Waals surface area contributed by atoms with Gasteiger partial charge in [0.15, 0.2) is 0 Å². The lowest BCUT2D eigenvalue weighted by Gasteiger charge is -2.22. The normalized spacial score (nSPS) is 16.3. The van der Waals surface area contributed by atoms with Gasteiger partial charge in [0.25, 0.3) is 0 Å². The highest BCUT2D eigenvalue weighted by Crippen LogP contribution is 2.35. The highest BCUT2D eigenvalue weighted by atomic mass is 19.4. The molecule has 3 aromatic rings. The van der Waals surface area contributed by atoms with Crippen molar-refractivity contribution >= 4 is 5.69 Å². The second-order valence-corrected chi connectivity index (χ2v) is 7.56. The molecular weight excluding hydrogens is 421 g/mol. The van der Waals surface area contributed by atoms with E-state index in [1.165, 1.54) is 6.07 Å². The number of para-hydroxylation sites is 1. The van der Waals surface area contributed by atoms with Gasteiger partial charge in [0.05, 0.1) is 25.8 Å². The maximum absolute atomic E-state index is 12.7. The summed E-state index contributed by atoms with van der Waals surface area (Å²) in [6.45, 7) is 1.12. The van der Waals surface area contributed by atoms with Crippen LogP contribution in [0.15, 0.2) is 60.8 Å². The van der Waals surface area contributed by atoms with Gasteiger partial charge in [-0.1, -0.05) is 24.3 Å². The molecule has 8 heteroatoms. The minimum Gasteiger partial charge on any atom is -0.496 e. The molecule has 0 amide bonds. The Morgan fingerprint density at radius 3 is 2.62 bits per heavy atom. The summed E-state index contributed by atoms with van der Waals surface area (Å²) < 4.78 is 49.3. The number of aliphatic hydroxyl groups is 1. The number of rotatable bonds is 6. The molecule has 1 fully saturated rings. The van der Waals surface area contributed by atoms with Crippen LogP contribution in [0.3, 0.4) is 0 Å². The third kappa shape index (κ3) is 4.65. The van der Waals surface area contributed by atoms with Crippen LogP contribution < -0.4 is 14.4 Å². The number of aliphatic hydroxyl groups excluding tert-OH is 1. The Kier molecular flexibility index (Phi) is 6.23. The minimum absolute atomic E-state index is 0.124. The molecule has 168 valence electrons. The summed E-state index contributed by atoms with van der Waals surface area (Å²) >= 11 is 0. The van der Waals surface area contributed by atoms with Gasteiger partial charge < -0.3 is 19.5 Å². The molecule has 2 aromatic carbocycles. The average molecular weight is 444 g/mol. The van der Waals surface area contributed by atoms with Crippen molar-refractivity contribution < 1.29 is 27.8 Å². The van der Waals surface area contributed by atoms with E-state index in [1.807, 2.05) is 42.5 Å². The number of aromatic nitrogens is 1. The molecule has 5 nitrogen and oxygen atoms in total. The van der Waals surface area contributed by atoms with Crippen LogP contribution in [0.1, 0.15) is 17.5 Å². The number of halogens is 3. The molecule has 0 radical (unpaired) electrons. The van der Waals surface area contributed by atoms with Crippen molar-refractivity contribution in [2.24, 2.45) is 0 Å². The predicted molar refractivity (Wildman–Crippen MR) is 115 cm³/mol. The number of benzene rings is 2. The Labute approximate surface area is 184 Å². The monoisotopic (exact) mass is 444 g/mol. The number of anilines is 1. The van der Waals surface area contributed by atoms with Crippen LogP contribution >= 0.6 is 0 Å². The van der Waals surface area contributed by atoms with Crippen LogP contribution in [0.25, 0.3) is 11.1 Å². The van der Waals surface area contributed by atoms with Gasteiger partial charge in [0.2, 0.25) is 5.88 Å². The molecule has 1 atom stereocenters. The van der Waals surface area contributed by atoms with Crippen molar-refractivity contribution in [3.63, 3.8) is 0 Å². The fraction of sp³-hybridized carbons (Fsp3) is 0.292. The molecule has 1 N–H and O–H groups in total. The number of nitrogens with zero attached hydrogens (tertiary/aromatic N) is 2. The first-order valence-electron chi connectivity index (χ1n) is 10.2. The lowest BCUT2D eigenvalue weighted by Crippen LogP contribution is -2.25. The largest absolute Gasteiger partial charge is 0.496 e. The molecule has 1 aromatic heterocycles. The maximum atomic E-state index is 12.7. The molecule has 2 heterocycles. The van der Waals surface area contributed by atoms with E-state index in [2.05, 4.69) is 9.88 Å². The SMILES string of the molecule is COc1ccccc1-c1ccc(N2CC[C@H](Oc3ccc(C(F)(F)F)cn3)C2)c(CO)c1. The van der Waals surface area contributed by atoms with E-state index in [-0.39, 0.29) is 18.6 Å². The summed E-state index contributed by atoms with van der Waals surface area (Å²) in [5.41, 5.74) is 2.75. The predicted octanol–water partition coefficient (Wildman–Crippen LogP) is 4.93. The van der Waals surface area contributed by atoms with Crippen LogP contribution in [-0.4, -0.2) is 36.4 Å². The summed E-state index contributed by atoms with van der Waals surface area (Å²) in [5, 5.41) is 9.98. The van der Waals surface area contributed by atoms with Crippen molar-refractivity contribution in [3.05, 3.63) is 71.9 Å². The van der Waals surface area contributed by atoms with Gasteiger partial charge in [-0.3, -0.25) is 0 Å². The smallest absolute Gasteiger partial charge is 0.417 e. The number of hydrogen-bond donors (Lipinski definition) is 1. The van der Waals surface area contributed by atoms with Gasteiger partial charge in [-0.25, -0.2) is 4.98 Å². The molecule has 1 saturated heterocycles. The first-order valence-corrected chi connectivity index (χ1v) is 10.2. The fourth-order valence-corrected chi connectivity index (χ4v) is 3.90. The van der Waals surface area contributed by atoms with E-state index in [9.17, 15) is 18.3 Å². The van der Waals surface area contributed by atoms with Gasteiger partial charge in [0.1, 0.15) is 11.9 Å². The first kappa shape index (κ1) is 22.0. The molecule has 0 bridgehead atoms. The highest BCUT2D eigenvalue weighted by Gasteiger charge is 2.31. The topological polar surface area (TPSA) is 54.8 Å². The zero-order chi connectivity index (χ0) is 22.7. The maximum Gasteiger partial charge on any atom is 0.417 e. The van der Waals surface area contributed by atoms with Gasteiger partial charge in [-0.15, -0.1) is 0 Å². The van der Waals surface area contributed by atoms with E-state index in [0.717, 1.165) is 40.4 Å². The third-order valence-corrected chi connectivity index (χ3v) is 5.50. The van der Waals surface area contributed by atoms with Crippen molar-refractivity contribution in [1.82, 2.24) is 4.98 Å². The van der Waals surface area contributed by atoms with E-state index < -0.39 is 11.7 Å². The van der Waals surface area contributed by atoms with Gasteiger partial charge >= 0.3 is 6.18 Å². The first-order chi connectivity index (χ1) is 15.4. The number of hydrogen-bond acceptors (Lipinski definition) is 5. The second-order valence-electron chi connectivity index (χ2n) is 7.56. The van der Waals surface area contributed by atoms with E-state index in [0.29, 0.717) is 19.5 Å². The standard InChI is InChI=1S/C24H23F3N2O3/c1-31-22-5-3-2-4-20(22)16-6-8-21(17(12-16)15-30)29-11-10-19(14-29)32-23-9-7-18(13-28-23)24(25,26)27/h2-9,12-13,19,30H,10-11,14-15H2,1H3/t19-/m0/s1. The third-order valence-electron chi connectivity index (χ3n) is 5.50. The van der Waals surface area contributed by atoms with Crippen molar-refractivity contribution in [1.29, 1.82) is 0 Å². The molecule has 0 spiro atoms. The van der Waals surface area contributed by atoms with Crippen molar-refractivity contribution in [2.75, 3.05) is 25.1 Å². The number of pyridine rings is 1. The Bertz CT molecular complexity index is 1070. The van der Waals surface area contributed by atoms with Crippen LogP contribution in [0, 0.1) is 0 Å². The zero-order valence-electron chi connectivity index (χ0n) is 17.5. The Morgan fingerprint density at radius 2 is 1.94 bits per heavy atom. The van der Waals surface area contributed by atoms with E-state index >= 15 is 0 Å². The van der Waals surface area contributed by atoms with Gasteiger partial charge in [-0.05, 0) is 29.8 Å². The summed E-state index contributed by atoms with van der Waals surface area (Å²) in [4.78, 5) is 5.89. The molecule has 32 heavy (non-hydrogen) atoms. The van der Waals surface area contributed by atoms with Gasteiger partial charge in [-0.2, -0.15) is 13.2 Å². The summed E-state index contributed by atoms with van der Waals surface area (Å²) in [7, 11) is 1.62. The fourth-order valence-electron chi connectivity index (χ4n) is 3.90. The lowest BCUT2D eigenvalue weighted by atomic mass is 10.0. The van der Waals surface area contributed by atoms with Gasteiger partial charge in [0, 0.05) is 42.0 Å². The average Bonchev–Trinajstić information content (AvgIpc) is 3.26. The molecule has 1 aliphatic rings. The van der Waals surface area contributed by atoms with Crippen LogP contribution in [0.2, 0.25) is 0 Å². The number of methoxy groups -OCH3 is 1. The Balaban J connectivity index is 1.48. The molecule has 0 aliphatic carbocycles. The quantitative estimate of drug-likeness (QED) is 0.585. The Hall–Kier alpha value is -3.26. The second kappa shape index (κ2) is 9.08. The number of ether oxygens (including phenoxy) is 2. The van der Waals surface area contributed by atoms with Crippen LogP contribution in [0.4, 0.5) is 18.9 Å². The molecular formula is C24H23F3N2O3. The van der Waals surface area contributed by atoms with E-state index in [1.54, 1.807) is 7.11 Å². The van der Waals surface area contributed by atoms with Crippen molar-refractivity contribution in [3.8, 4) is 22.8 Å². The Morgan fingerprint density at radius 1 is 1.12 bits per heavy atom. The zero-order valence-corrected chi connectivity index (χ0v) is 17.5. The van der Waals surface area contributed by atoms with Crippen LogP contribution in [-0.2, 0) is 12.8 Å². The van der Waals surface area contributed by atoms with E-state index in [4.69, 9.17) is 9.47 Å². The highest BCUT2D eigenvalue weighted by molar-refractivity contribution is 5.74. The van der Waals surface area contributed by atoms with Crippen molar-refractivity contribution in [2.45, 2.75) is 25.3 Å². The molecule has 4 rings (SSSR count). The minimum atomic E-state index is -4.42. The van der Waals surface area contributed by atoms with Crippen LogP contribution in [0.5, 0.6) is 11.6 Å². The summed E-state index contributed by atoms with van der Waals surface area (Å²) in [6.07, 6.45) is -3.16. The lowest BCUT2D eigenvalue weighted by molar-refractivity contribution is -0.137. The molecule has 0 saturated carbocycles.